The van der Waals surface area contributed by atoms with Gasteiger partial charge in [-0.25, -0.2) is 8.78 Å². The lowest BCUT2D eigenvalue weighted by Crippen LogP contribution is -2.33. The average molecular weight is 526 g/mol. The average Bonchev–Trinajstić information content (AvgIpc) is 3.04. The van der Waals surface area contributed by atoms with Crippen LogP contribution in [0.2, 0.25) is 0 Å². The number of aryl methyl sites for hydroxylation is 1. The number of hydrogen-bond acceptors (Lipinski definition) is 2. The quantitative estimate of drug-likeness (QED) is 0.289. The molecule has 2 nitrogen and oxygen atoms in total. The number of ketones is 1. The molecule has 3 aromatic carbocycles. The highest BCUT2D eigenvalue weighted by Crippen LogP contribution is 2.35. The van der Waals surface area contributed by atoms with Crippen LogP contribution < -0.4 is 0 Å². The van der Waals surface area contributed by atoms with Crippen molar-refractivity contribution in [1.82, 2.24) is 4.90 Å². The van der Waals surface area contributed by atoms with Crippen molar-refractivity contribution < 1.29 is 13.6 Å². The summed E-state index contributed by atoms with van der Waals surface area (Å²) in [5, 5.41) is 0. The van der Waals surface area contributed by atoms with Gasteiger partial charge in [-0.05, 0) is 117 Å². The SMILES string of the molecule is CC(=O)c1ccc(CC2=C(C)C=C(CC3CCN(Cc4cc(F)c(C)cc4F)CC3)Cc3ccccc32)cc1. The Hall–Kier alpha value is -3.37. The standard InChI is InChI=1S/C35H37F2NO/c1-23-16-28(18-27-12-14-38(15-13-27)22-31-21-34(36)24(2)17-35(31)37)19-30-6-4-5-7-32(30)33(23)20-26-8-10-29(11-9-26)25(3)39/h4-11,16-17,21,27H,12-15,18-20,22H2,1-3H3. The predicted octanol–water partition coefficient (Wildman–Crippen LogP) is 8.28. The summed E-state index contributed by atoms with van der Waals surface area (Å²) in [6, 6.07) is 19.4. The van der Waals surface area contributed by atoms with E-state index in [9.17, 15) is 13.6 Å². The van der Waals surface area contributed by atoms with Gasteiger partial charge in [0.1, 0.15) is 11.6 Å². The molecule has 202 valence electrons. The summed E-state index contributed by atoms with van der Waals surface area (Å²) in [5.41, 5.74) is 9.55. The zero-order chi connectivity index (χ0) is 27.5. The van der Waals surface area contributed by atoms with E-state index in [0.717, 1.165) is 50.8 Å². The Morgan fingerprint density at radius 2 is 1.67 bits per heavy atom. The lowest BCUT2D eigenvalue weighted by atomic mass is 9.87. The Kier molecular flexibility index (Phi) is 8.23. The molecule has 3 aromatic rings. The second kappa shape index (κ2) is 11.8. The number of fused-ring (bicyclic) bond motifs is 1. The van der Waals surface area contributed by atoms with Gasteiger partial charge >= 0.3 is 0 Å². The number of benzene rings is 3. The third-order valence-electron chi connectivity index (χ3n) is 8.38. The molecule has 5 rings (SSSR count). The first-order valence-corrected chi connectivity index (χ1v) is 14.0. The van der Waals surface area contributed by atoms with Crippen LogP contribution in [-0.4, -0.2) is 23.8 Å². The number of likely N-dealkylation sites (tertiary alicyclic amines) is 1. The maximum absolute atomic E-state index is 14.4. The molecule has 2 aliphatic rings. The van der Waals surface area contributed by atoms with E-state index >= 15 is 0 Å². The van der Waals surface area contributed by atoms with Crippen LogP contribution in [0.1, 0.15) is 71.3 Å². The highest BCUT2D eigenvalue weighted by atomic mass is 19.1. The molecule has 0 N–H and O–H groups in total. The van der Waals surface area contributed by atoms with Crippen LogP contribution in [0.25, 0.3) is 5.57 Å². The third kappa shape index (κ3) is 6.45. The molecule has 0 aromatic heterocycles. The number of halogens is 2. The molecule has 0 bridgehead atoms. The Morgan fingerprint density at radius 3 is 2.38 bits per heavy atom. The van der Waals surface area contributed by atoms with Crippen LogP contribution in [0.4, 0.5) is 8.78 Å². The summed E-state index contributed by atoms with van der Waals surface area (Å²) in [7, 11) is 0. The second-order valence-electron chi connectivity index (χ2n) is 11.3. The van der Waals surface area contributed by atoms with E-state index < -0.39 is 0 Å². The highest BCUT2D eigenvalue weighted by molar-refractivity contribution is 5.94. The van der Waals surface area contributed by atoms with E-state index in [1.54, 1.807) is 13.8 Å². The van der Waals surface area contributed by atoms with Crippen molar-refractivity contribution >= 4 is 11.4 Å². The molecular formula is C35H37F2NO. The van der Waals surface area contributed by atoms with E-state index in [0.29, 0.717) is 23.6 Å². The number of nitrogens with zero attached hydrogens (tertiary/aromatic N) is 1. The molecule has 1 fully saturated rings. The smallest absolute Gasteiger partial charge is 0.159 e. The van der Waals surface area contributed by atoms with Crippen molar-refractivity contribution in [2.45, 2.75) is 59.4 Å². The molecule has 0 spiro atoms. The lowest BCUT2D eigenvalue weighted by molar-refractivity contribution is 0.101. The molecule has 0 radical (unpaired) electrons. The minimum Gasteiger partial charge on any atom is -0.299 e. The fourth-order valence-corrected chi connectivity index (χ4v) is 6.07. The van der Waals surface area contributed by atoms with E-state index in [-0.39, 0.29) is 17.4 Å². The van der Waals surface area contributed by atoms with E-state index in [1.807, 2.05) is 12.1 Å². The van der Waals surface area contributed by atoms with Gasteiger partial charge in [0.05, 0.1) is 0 Å². The molecule has 0 unspecified atom stereocenters. The summed E-state index contributed by atoms with van der Waals surface area (Å²) in [4.78, 5) is 13.9. The van der Waals surface area contributed by atoms with Crippen LogP contribution in [0, 0.1) is 24.5 Å². The summed E-state index contributed by atoms with van der Waals surface area (Å²) in [6.07, 6.45) is 7.37. The summed E-state index contributed by atoms with van der Waals surface area (Å²) in [5.74, 6) is 0.0306. The predicted molar refractivity (Wildman–Crippen MR) is 155 cm³/mol. The number of piperidine rings is 1. The first-order valence-electron chi connectivity index (χ1n) is 14.0. The minimum atomic E-state index is -0.335. The monoisotopic (exact) mass is 525 g/mol. The first kappa shape index (κ1) is 27.2. The summed E-state index contributed by atoms with van der Waals surface area (Å²) in [6.45, 7) is 7.69. The van der Waals surface area contributed by atoms with Crippen molar-refractivity contribution in [3.63, 3.8) is 0 Å². The molecule has 4 heteroatoms. The van der Waals surface area contributed by atoms with Gasteiger partial charge in [-0.1, -0.05) is 60.2 Å². The number of Topliss-reactive ketones (excluding diaryl/α,β-unsaturated/α-hetero) is 1. The van der Waals surface area contributed by atoms with Crippen molar-refractivity contribution in [3.8, 4) is 0 Å². The van der Waals surface area contributed by atoms with Crippen molar-refractivity contribution in [1.29, 1.82) is 0 Å². The van der Waals surface area contributed by atoms with Crippen LogP contribution in [0.3, 0.4) is 0 Å². The van der Waals surface area contributed by atoms with E-state index in [4.69, 9.17) is 0 Å². The summed E-state index contributed by atoms with van der Waals surface area (Å²) >= 11 is 0. The number of rotatable bonds is 7. The zero-order valence-electron chi connectivity index (χ0n) is 23.2. The Bertz CT molecular complexity index is 1430. The van der Waals surface area contributed by atoms with Crippen LogP contribution >= 0.6 is 0 Å². The number of carbonyl (C=O) groups excluding carboxylic acids is 1. The number of hydrogen-bond donors (Lipinski definition) is 0. The van der Waals surface area contributed by atoms with Gasteiger partial charge in [-0.15, -0.1) is 0 Å². The van der Waals surface area contributed by atoms with Gasteiger partial charge in [-0.2, -0.15) is 0 Å². The van der Waals surface area contributed by atoms with Crippen molar-refractivity contribution in [2.75, 3.05) is 13.1 Å². The Morgan fingerprint density at radius 1 is 0.949 bits per heavy atom. The molecule has 0 amide bonds. The molecule has 1 aliphatic heterocycles. The Labute approximate surface area is 231 Å². The zero-order valence-corrected chi connectivity index (χ0v) is 23.2. The molecular weight excluding hydrogens is 488 g/mol. The van der Waals surface area contributed by atoms with E-state index in [2.05, 4.69) is 54.3 Å². The van der Waals surface area contributed by atoms with Crippen molar-refractivity contribution in [2.24, 2.45) is 5.92 Å². The van der Waals surface area contributed by atoms with Crippen LogP contribution in [-0.2, 0) is 19.4 Å². The fourth-order valence-electron chi connectivity index (χ4n) is 6.07. The van der Waals surface area contributed by atoms with Crippen LogP contribution in [0.5, 0.6) is 0 Å². The molecule has 39 heavy (non-hydrogen) atoms. The van der Waals surface area contributed by atoms with Gasteiger partial charge in [-0.3, -0.25) is 9.69 Å². The molecule has 0 atom stereocenters. The topological polar surface area (TPSA) is 20.3 Å². The number of carbonyl (C=O) groups is 1. The van der Waals surface area contributed by atoms with Crippen LogP contribution in [0.15, 0.2) is 77.9 Å². The van der Waals surface area contributed by atoms with Gasteiger partial charge in [0, 0.05) is 17.7 Å². The highest BCUT2D eigenvalue weighted by Gasteiger charge is 2.23. The third-order valence-corrected chi connectivity index (χ3v) is 8.38. The van der Waals surface area contributed by atoms with Crippen molar-refractivity contribution in [3.05, 3.63) is 123 Å². The normalized spacial score (nSPS) is 16.6. The molecule has 1 heterocycles. The minimum absolute atomic E-state index is 0.0892. The maximum atomic E-state index is 14.4. The van der Waals surface area contributed by atoms with Gasteiger partial charge in [0.25, 0.3) is 0 Å². The lowest BCUT2D eigenvalue weighted by Gasteiger charge is -2.32. The van der Waals surface area contributed by atoms with Gasteiger partial charge in [0.2, 0.25) is 0 Å². The molecule has 0 saturated carbocycles. The van der Waals surface area contributed by atoms with Gasteiger partial charge in [0.15, 0.2) is 5.78 Å². The van der Waals surface area contributed by atoms with E-state index in [1.165, 1.54) is 45.5 Å². The molecule has 1 aliphatic carbocycles. The molecule has 1 saturated heterocycles. The first-order chi connectivity index (χ1) is 18.8. The van der Waals surface area contributed by atoms with Gasteiger partial charge < -0.3 is 0 Å². The Balaban J connectivity index is 1.28. The second-order valence-corrected chi connectivity index (χ2v) is 11.3. The largest absolute Gasteiger partial charge is 0.299 e. The number of allylic oxidation sites excluding steroid dienone is 4. The maximum Gasteiger partial charge on any atom is 0.159 e. The fraction of sp³-hybridized carbons (Fsp3) is 0.343. The summed E-state index contributed by atoms with van der Waals surface area (Å²) < 4.78 is 28.4.